The van der Waals surface area contributed by atoms with Gasteiger partial charge in [0.2, 0.25) is 0 Å². The van der Waals surface area contributed by atoms with E-state index in [4.69, 9.17) is 0 Å². The van der Waals surface area contributed by atoms with Crippen molar-refractivity contribution in [2.24, 2.45) is 0 Å². The highest BCUT2D eigenvalue weighted by Crippen LogP contribution is 2.27. The summed E-state index contributed by atoms with van der Waals surface area (Å²) < 4.78 is 29.0. The van der Waals surface area contributed by atoms with Crippen LogP contribution in [0.1, 0.15) is 17.0 Å². The molecule has 0 aromatic carbocycles. The molecule has 3 aromatic heterocycles. The topological polar surface area (TPSA) is 67.6 Å². The summed E-state index contributed by atoms with van der Waals surface area (Å²) in [6.45, 7) is 2.74. The van der Waals surface area contributed by atoms with Crippen LogP contribution in [-0.4, -0.2) is 33.9 Å². The molecule has 114 valence electrons. The van der Waals surface area contributed by atoms with Crippen LogP contribution in [-0.2, 0) is 23.0 Å². The number of aromatic nitrogens is 3. The maximum Gasteiger partial charge on any atom is 0.252 e. The lowest BCUT2D eigenvalue weighted by Crippen LogP contribution is -2.36. The van der Waals surface area contributed by atoms with Crippen molar-refractivity contribution in [2.45, 2.75) is 24.1 Å². The Morgan fingerprint density at radius 3 is 3.00 bits per heavy atom. The Kier molecular flexibility index (Phi) is 3.07. The molecule has 8 heteroatoms. The molecule has 0 spiro atoms. The summed E-state index contributed by atoms with van der Waals surface area (Å²) in [5.74, 6) is 0. The van der Waals surface area contributed by atoms with Crippen LogP contribution in [0.4, 0.5) is 0 Å². The van der Waals surface area contributed by atoms with Gasteiger partial charge in [0.25, 0.3) is 10.0 Å². The van der Waals surface area contributed by atoms with Crippen molar-refractivity contribution in [1.29, 1.82) is 0 Å². The van der Waals surface area contributed by atoms with Crippen LogP contribution in [0, 0.1) is 6.92 Å². The van der Waals surface area contributed by atoms with E-state index < -0.39 is 10.0 Å². The maximum absolute atomic E-state index is 12.6. The average Bonchev–Trinajstić information content (AvgIpc) is 3.15. The van der Waals surface area contributed by atoms with Crippen molar-refractivity contribution in [3.8, 4) is 0 Å². The third kappa shape index (κ3) is 2.06. The first-order valence-electron chi connectivity index (χ1n) is 6.92. The van der Waals surface area contributed by atoms with Gasteiger partial charge in [0.15, 0.2) is 5.65 Å². The standard InChI is InChI=1S/C14H14N4O2S2/c1-10-7-13-15-8-11-9-17(5-4-12(11)18(13)16-10)22(19,20)14-3-2-6-21-14/h2-3,6-8H,4-5,9H2,1H3. The molecule has 4 rings (SSSR count). The molecule has 0 fully saturated rings. The van der Waals surface area contributed by atoms with Crippen molar-refractivity contribution in [2.75, 3.05) is 6.54 Å². The zero-order chi connectivity index (χ0) is 15.3. The number of fused-ring (bicyclic) bond motifs is 3. The molecule has 4 heterocycles. The van der Waals surface area contributed by atoms with Crippen LogP contribution in [0.25, 0.3) is 5.65 Å². The fourth-order valence-corrected chi connectivity index (χ4v) is 5.34. The predicted octanol–water partition coefficient (Wildman–Crippen LogP) is 1.85. The smallest absolute Gasteiger partial charge is 0.237 e. The molecule has 0 N–H and O–H groups in total. The number of thiophene rings is 1. The zero-order valence-electron chi connectivity index (χ0n) is 11.9. The minimum Gasteiger partial charge on any atom is -0.237 e. The normalized spacial score (nSPS) is 16.0. The number of hydrogen-bond donors (Lipinski definition) is 0. The molecule has 6 nitrogen and oxygen atoms in total. The highest BCUT2D eigenvalue weighted by Gasteiger charge is 2.30. The maximum atomic E-state index is 12.6. The molecule has 0 saturated carbocycles. The van der Waals surface area contributed by atoms with Crippen LogP contribution >= 0.6 is 11.3 Å². The van der Waals surface area contributed by atoms with E-state index in [1.165, 1.54) is 15.6 Å². The average molecular weight is 334 g/mol. The molecule has 1 aliphatic heterocycles. The molecule has 0 unspecified atom stereocenters. The van der Waals surface area contributed by atoms with Gasteiger partial charge in [0.1, 0.15) is 4.21 Å². The second-order valence-electron chi connectivity index (χ2n) is 5.31. The lowest BCUT2D eigenvalue weighted by atomic mass is 10.1. The van der Waals surface area contributed by atoms with Gasteiger partial charge in [-0.1, -0.05) is 6.07 Å². The summed E-state index contributed by atoms with van der Waals surface area (Å²) in [4.78, 5) is 4.38. The summed E-state index contributed by atoms with van der Waals surface area (Å²) in [5, 5.41) is 6.23. The van der Waals surface area contributed by atoms with Gasteiger partial charge in [-0.15, -0.1) is 11.3 Å². The van der Waals surface area contributed by atoms with Crippen LogP contribution in [0.15, 0.2) is 34.0 Å². The summed E-state index contributed by atoms with van der Waals surface area (Å²) in [6.07, 6.45) is 2.40. The monoisotopic (exact) mass is 334 g/mol. The number of nitrogens with zero attached hydrogens (tertiary/aromatic N) is 4. The summed E-state index contributed by atoms with van der Waals surface area (Å²) in [5.41, 5.74) is 3.69. The van der Waals surface area contributed by atoms with E-state index in [0.717, 1.165) is 22.6 Å². The first kappa shape index (κ1) is 13.9. The summed E-state index contributed by atoms with van der Waals surface area (Å²) in [7, 11) is -3.42. The SMILES string of the molecule is Cc1cc2ncc3c(n2n1)CCN(S(=O)(=O)c1cccs1)C3. The molecule has 0 radical (unpaired) electrons. The van der Waals surface area contributed by atoms with E-state index in [2.05, 4.69) is 10.1 Å². The van der Waals surface area contributed by atoms with Gasteiger partial charge in [-0.3, -0.25) is 0 Å². The molecule has 3 aromatic rings. The van der Waals surface area contributed by atoms with E-state index >= 15 is 0 Å². The summed E-state index contributed by atoms with van der Waals surface area (Å²) >= 11 is 1.25. The minimum absolute atomic E-state index is 0.345. The van der Waals surface area contributed by atoms with E-state index in [9.17, 15) is 8.42 Å². The number of aryl methyl sites for hydroxylation is 1. The Morgan fingerprint density at radius 2 is 2.23 bits per heavy atom. The highest BCUT2D eigenvalue weighted by atomic mass is 32.2. The number of sulfonamides is 1. The largest absolute Gasteiger partial charge is 0.252 e. The van der Waals surface area contributed by atoms with Gasteiger partial charge in [0, 0.05) is 37.3 Å². The predicted molar refractivity (Wildman–Crippen MR) is 83.3 cm³/mol. The van der Waals surface area contributed by atoms with Crippen LogP contribution in [0.3, 0.4) is 0 Å². The Balaban J connectivity index is 1.74. The van der Waals surface area contributed by atoms with Gasteiger partial charge in [-0.05, 0) is 18.4 Å². The molecular weight excluding hydrogens is 320 g/mol. The van der Waals surface area contributed by atoms with Gasteiger partial charge in [0.05, 0.1) is 11.4 Å². The van der Waals surface area contributed by atoms with Gasteiger partial charge in [-0.2, -0.15) is 9.40 Å². The Labute approximate surface area is 132 Å². The van der Waals surface area contributed by atoms with E-state index in [1.807, 2.05) is 17.5 Å². The number of rotatable bonds is 2. The Morgan fingerprint density at radius 1 is 1.36 bits per heavy atom. The molecule has 0 atom stereocenters. The second-order valence-corrected chi connectivity index (χ2v) is 8.42. The van der Waals surface area contributed by atoms with Gasteiger partial charge >= 0.3 is 0 Å². The van der Waals surface area contributed by atoms with Crippen molar-refractivity contribution in [3.63, 3.8) is 0 Å². The quantitative estimate of drug-likeness (QED) is 0.717. The van der Waals surface area contributed by atoms with Crippen molar-refractivity contribution >= 4 is 27.0 Å². The fraction of sp³-hybridized carbons (Fsp3) is 0.286. The van der Waals surface area contributed by atoms with Gasteiger partial charge < -0.3 is 0 Å². The molecular formula is C14H14N4O2S2. The van der Waals surface area contributed by atoms with Crippen LogP contribution in [0.5, 0.6) is 0 Å². The van der Waals surface area contributed by atoms with Crippen LogP contribution < -0.4 is 0 Å². The van der Waals surface area contributed by atoms with Crippen molar-refractivity contribution in [3.05, 3.63) is 46.7 Å². The fourth-order valence-electron chi connectivity index (χ4n) is 2.77. The highest BCUT2D eigenvalue weighted by molar-refractivity contribution is 7.91. The summed E-state index contributed by atoms with van der Waals surface area (Å²) in [6, 6.07) is 5.33. The molecule has 22 heavy (non-hydrogen) atoms. The van der Waals surface area contributed by atoms with E-state index in [-0.39, 0.29) is 0 Å². The Hall–Kier alpha value is -1.77. The third-order valence-corrected chi connectivity index (χ3v) is 7.04. The molecule has 0 saturated heterocycles. The first-order chi connectivity index (χ1) is 10.6. The Bertz CT molecular complexity index is 945. The first-order valence-corrected chi connectivity index (χ1v) is 9.24. The molecule has 0 bridgehead atoms. The van der Waals surface area contributed by atoms with E-state index in [1.54, 1.807) is 23.7 Å². The molecule has 1 aliphatic rings. The lowest BCUT2D eigenvalue weighted by molar-refractivity contribution is 0.385. The zero-order valence-corrected chi connectivity index (χ0v) is 13.6. The second kappa shape index (κ2) is 4.87. The van der Waals surface area contributed by atoms with Crippen LogP contribution in [0.2, 0.25) is 0 Å². The minimum atomic E-state index is -3.42. The van der Waals surface area contributed by atoms with Gasteiger partial charge in [-0.25, -0.2) is 17.9 Å². The molecule has 0 amide bonds. The lowest BCUT2D eigenvalue weighted by Gasteiger charge is -2.27. The molecule has 0 aliphatic carbocycles. The third-order valence-electron chi connectivity index (χ3n) is 3.83. The van der Waals surface area contributed by atoms with E-state index in [0.29, 0.717) is 23.7 Å². The van der Waals surface area contributed by atoms with Crippen molar-refractivity contribution in [1.82, 2.24) is 18.9 Å². The number of hydrogen-bond acceptors (Lipinski definition) is 5. The van der Waals surface area contributed by atoms with Crippen molar-refractivity contribution < 1.29 is 8.42 Å².